The number of carbonyl (C=O) groups is 3. The van der Waals surface area contributed by atoms with Crippen molar-refractivity contribution in [2.75, 3.05) is 19.0 Å². The molecule has 8 rings (SSSR count). The van der Waals surface area contributed by atoms with Crippen molar-refractivity contribution in [2.45, 2.75) is 75.4 Å². The molecule has 2 saturated carbocycles. The molecule has 13 nitrogen and oxygen atoms in total. The Labute approximate surface area is 353 Å². The number of ether oxygens (including phenoxy) is 2. The Morgan fingerprint density at radius 1 is 0.967 bits per heavy atom. The fourth-order valence-electron chi connectivity index (χ4n) is 7.75. The van der Waals surface area contributed by atoms with Gasteiger partial charge in [0.2, 0.25) is 21.8 Å². The monoisotopic (exact) mass is 848 g/mol. The number of nitrogens with one attached hydrogen (secondary N) is 3. The number of likely N-dealkylation sites (tertiary alicyclic amines) is 1. The molecule has 1 aliphatic heterocycles. The molecule has 2 aliphatic carbocycles. The van der Waals surface area contributed by atoms with Crippen molar-refractivity contribution in [1.29, 1.82) is 0 Å². The number of rotatable bonds is 14. The van der Waals surface area contributed by atoms with Crippen LogP contribution in [0.1, 0.15) is 46.5 Å². The molecule has 0 bridgehead atoms. The van der Waals surface area contributed by atoms with E-state index in [-0.39, 0.29) is 25.3 Å². The Hall–Kier alpha value is -5.80. The third-order valence-electron chi connectivity index (χ3n) is 11.4. The van der Waals surface area contributed by atoms with Crippen molar-refractivity contribution in [1.82, 2.24) is 24.9 Å². The number of benzene rings is 3. The average Bonchev–Trinajstić information content (AvgIpc) is 4.13. The molecule has 1 saturated heterocycles. The summed E-state index contributed by atoms with van der Waals surface area (Å²) in [5, 5.41) is 8.83. The Bertz CT molecular complexity index is 2560. The van der Waals surface area contributed by atoms with Gasteiger partial charge in [-0.2, -0.15) is 0 Å². The minimum Gasteiger partial charge on any atom is -0.497 e. The van der Waals surface area contributed by atoms with Gasteiger partial charge in [0.05, 0.1) is 35.8 Å². The largest absolute Gasteiger partial charge is 0.497 e. The maximum absolute atomic E-state index is 15.0. The predicted molar refractivity (Wildman–Crippen MR) is 232 cm³/mol. The lowest BCUT2D eigenvalue weighted by Gasteiger charge is -2.35. The molecule has 3 aliphatic rings. The van der Waals surface area contributed by atoms with Crippen molar-refractivity contribution in [3.05, 3.63) is 103 Å². The van der Waals surface area contributed by atoms with Crippen LogP contribution in [0.5, 0.6) is 11.5 Å². The zero-order valence-corrected chi connectivity index (χ0v) is 35.5. The number of thiazole rings is 1. The summed E-state index contributed by atoms with van der Waals surface area (Å²) in [6, 6.07) is 24.9. The van der Waals surface area contributed by atoms with Crippen LogP contribution in [0.25, 0.3) is 33.4 Å². The van der Waals surface area contributed by atoms with E-state index in [2.05, 4.69) is 21.9 Å². The second-order valence-electron chi connectivity index (χ2n) is 16.8. The van der Waals surface area contributed by atoms with E-state index >= 15 is 4.79 Å². The van der Waals surface area contributed by atoms with E-state index in [9.17, 15) is 18.0 Å². The number of anilines is 1. The molecule has 5 atom stereocenters. The lowest BCUT2D eigenvalue weighted by molar-refractivity contribution is -0.141. The van der Waals surface area contributed by atoms with E-state index in [0.717, 1.165) is 16.8 Å². The molecule has 3 aromatic carbocycles. The minimum absolute atomic E-state index is 0.0408. The summed E-state index contributed by atoms with van der Waals surface area (Å²) in [6.45, 7) is 9.69. The normalized spacial score (nSPS) is 21.8. The number of aromatic nitrogens is 2. The highest BCUT2D eigenvalue weighted by Crippen LogP contribution is 2.46. The van der Waals surface area contributed by atoms with Crippen LogP contribution in [0.15, 0.2) is 103 Å². The van der Waals surface area contributed by atoms with Gasteiger partial charge in [-0.25, -0.2) is 18.4 Å². The number of sulfonamides is 1. The first-order valence-corrected chi connectivity index (χ1v) is 22.4. The Kier molecular flexibility index (Phi) is 10.9. The standard InChI is InChI=1S/C45H48N6O7S2/c1-6-29-24-45(29,42(54)50-60(55,56)32-18-19-32)49-40(52)37-22-31(58-38-23-34(27-13-9-7-10-14-27)46-35-21-30(57-5)17-20-33(35)38)25-51(37)41(53)39(44(2,3)4)48-43-47-36(26-59-43)28-15-11-8-12-16-28/h6-17,20-21,23,26,29,31-32,37,39H,1,18-19,22,24-25H2,2-5H3,(H,47,48)(H,49,52)(H,50,54)/t29-,31-,37+,39-,45-/m1/s1. The number of fused-ring (bicyclic) bond motifs is 1. The van der Waals surface area contributed by atoms with Gasteiger partial charge in [0.25, 0.3) is 5.91 Å². The topological polar surface area (TPSA) is 169 Å². The Morgan fingerprint density at radius 2 is 1.65 bits per heavy atom. The second kappa shape index (κ2) is 16.0. The molecular weight excluding hydrogens is 801 g/mol. The number of nitrogens with zero attached hydrogens (tertiary/aromatic N) is 3. The van der Waals surface area contributed by atoms with Gasteiger partial charge in [-0.15, -0.1) is 17.9 Å². The molecule has 3 N–H and O–H groups in total. The third-order valence-corrected chi connectivity index (χ3v) is 14.0. The van der Waals surface area contributed by atoms with Crippen molar-refractivity contribution in [3.63, 3.8) is 0 Å². The highest BCUT2D eigenvalue weighted by molar-refractivity contribution is 7.91. The summed E-state index contributed by atoms with van der Waals surface area (Å²) in [6.07, 6.45) is 2.07. The van der Waals surface area contributed by atoms with Crippen molar-refractivity contribution in [2.24, 2.45) is 11.3 Å². The molecule has 0 radical (unpaired) electrons. The van der Waals surface area contributed by atoms with Crippen LogP contribution in [-0.2, 0) is 24.4 Å². The zero-order chi connectivity index (χ0) is 42.4. The molecule has 0 unspecified atom stereocenters. The van der Waals surface area contributed by atoms with Gasteiger partial charge in [-0.1, -0.05) is 87.5 Å². The predicted octanol–water partition coefficient (Wildman–Crippen LogP) is 6.58. The average molecular weight is 849 g/mol. The van der Waals surface area contributed by atoms with E-state index in [4.69, 9.17) is 19.4 Å². The Balaban J connectivity index is 1.12. The van der Waals surface area contributed by atoms with Crippen LogP contribution in [0, 0.1) is 11.3 Å². The molecule has 3 amide bonds. The van der Waals surface area contributed by atoms with Crippen LogP contribution < -0.4 is 24.8 Å². The maximum atomic E-state index is 15.0. The summed E-state index contributed by atoms with van der Waals surface area (Å²) in [5.41, 5.74) is 1.70. The van der Waals surface area contributed by atoms with Gasteiger partial charge in [-0.3, -0.25) is 19.1 Å². The SMILES string of the molecule is C=C[C@@H]1C[C@]1(NC(=O)[C@@H]1C[C@@H](Oc2cc(-c3ccccc3)nc3cc(OC)ccc23)CN1C(=O)[C@@H](Nc1nc(-c2ccccc2)cs1)C(C)(C)C)C(=O)NS(=O)(=O)C1CC1. The lowest BCUT2D eigenvalue weighted by atomic mass is 9.85. The summed E-state index contributed by atoms with van der Waals surface area (Å²) in [5.74, 6) is -1.13. The molecule has 0 spiro atoms. The van der Waals surface area contributed by atoms with E-state index < -0.39 is 62.1 Å². The van der Waals surface area contributed by atoms with Crippen molar-refractivity contribution >= 4 is 55.1 Å². The smallest absolute Gasteiger partial charge is 0.259 e. The number of pyridine rings is 1. The van der Waals surface area contributed by atoms with Crippen LogP contribution in [-0.4, -0.2) is 83.6 Å². The van der Waals surface area contributed by atoms with Crippen LogP contribution in [0.2, 0.25) is 0 Å². The van der Waals surface area contributed by atoms with E-state index in [1.54, 1.807) is 7.11 Å². The van der Waals surface area contributed by atoms with Crippen LogP contribution >= 0.6 is 11.3 Å². The molecule has 5 aromatic rings. The molecule has 60 heavy (non-hydrogen) atoms. The summed E-state index contributed by atoms with van der Waals surface area (Å²) >= 11 is 1.38. The highest BCUT2D eigenvalue weighted by Gasteiger charge is 2.62. The number of amides is 3. The van der Waals surface area contributed by atoms with Gasteiger partial charge in [-0.05, 0) is 36.8 Å². The molecule has 312 valence electrons. The molecule has 3 heterocycles. The first kappa shape index (κ1) is 41.0. The van der Waals surface area contributed by atoms with Gasteiger partial charge >= 0.3 is 0 Å². The fourth-order valence-corrected chi connectivity index (χ4v) is 9.86. The van der Waals surface area contributed by atoms with Gasteiger partial charge in [0, 0.05) is 46.4 Å². The van der Waals surface area contributed by atoms with Gasteiger partial charge in [0.15, 0.2) is 5.13 Å². The molecular formula is C45H48N6O7S2. The van der Waals surface area contributed by atoms with E-state index in [1.807, 2.05) is 111 Å². The molecule has 2 aromatic heterocycles. The zero-order valence-electron chi connectivity index (χ0n) is 33.9. The maximum Gasteiger partial charge on any atom is 0.259 e. The molecule has 15 heteroatoms. The number of hydrogen-bond donors (Lipinski definition) is 3. The van der Waals surface area contributed by atoms with E-state index in [1.165, 1.54) is 22.3 Å². The quantitative estimate of drug-likeness (QED) is 0.104. The summed E-state index contributed by atoms with van der Waals surface area (Å²) in [7, 11) is -2.31. The summed E-state index contributed by atoms with van der Waals surface area (Å²) < 4.78 is 40.2. The van der Waals surface area contributed by atoms with Crippen LogP contribution in [0.4, 0.5) is 5.13 Å². The number of methoxy groups -OCH3 is 1. The highest BCUT2D eigenvalue weighted by atomic mass is 32.2. The van der Waals surface area contributed by atoms with Crippen molar-refractivity contribution < 1.29 is 32.3 Å². The summed E-state index contributed by atoms with van der Waals surface area (Å²) in [4.78, 5) is 54.6. The fraction of sp³-hybridized carbons (Fsp3) is 0.356. The minimum atomic E-state index is -3.90. The van der Waals surface area contributed by atoms with Crippen molar-refractivity contribution in [3.8, 4) is 34.0 Å². The van der Waals surface area contributed by atoms with Gasteiger partial charge in [0.1, 0.15) is 35.2 Å². The first-order chi connectivity index (χ1) is 28.7. The third kappa shape index (κ3) is 8.33. The number of carbonyl (C=O) groups excluding carboxylic acids is 3. The van der Waals surface area contributed by atoms with Crippen LogP contribution in [0.3, 0.4) is 0 Å². The second-order valence-corrected chi connectivity index (χ2v) is 19.6. The molecule has 3 fully saturated rings. The Morgan fingerprint density at radius 3 is 2.27 bits per heavy atom. The lowest BCUT2D eigenvalue weighted by Crippen LogP contribution is -2.58. The first-order valence-electron chi connectivity index (χ1n) is 20.0. The van der Waals surface area contributed by atoms with Gasteiger partial charge < -0.3 is 25.0 Å². The van der Waals surface area contributed by atoms with E-state index in [0.29, 0.717) is 46.1 Å². The number of hydrogen-bond acceptors (Lipinski definition) is 11.